The van der Waals surface area contributed by atoms with Crippen LogP contribution in [-0.4, -0.2) is 21.8 Å². The molecular formula is C21H16ClFN4O3S. The number of halogens is 2. The number of carbonyl (C=O) groups is 2. The van der Waals surface area contributed by atoms with Gasteiger partial charge in [0, 0.05) is 17.2 Å². The van der Waals surface area contributed by atoms with E-state index >= 15 is 0 Å². The minimum Gasteiger partial charge on any atom is -0.323 e. The summed E-state index contributed by atoms with van der Waals surface area (Å²) in [5.74, 6) is -2.30. The molecule has 0 bridgehead atoms. The van der Waals surface area contributed by atoms with Crippen molar-refractivity contribution >= 4 is 46.7 Å². The van der Waals surface area contributed by atoms with Crippen molar-refractivity contribution in [2.24, 2.45) is 0 Å². The van der Waals surface area contributed by atoms with Crippen molar-refractivity contribution in [3.05, 3.63) is 80.9 Å². The Labute approximate surface area is 185 Å². The van der Waals surface area contributed by atoms with Crippen molar-refractivity contribution in [1.29, 1.82) is 0 Å². The number of hydrogen-bond donors (Lipinski definition) is 3. The van der Waals surface area contributed by atoms with Gasteiger partial charge in [0.2, 0.25) is 11.8 Å². The quantitative estimate of drug-likeness (QED) is 0.397. The monoisotopic (exact) mass is 458 g/mol. The van der Waals surface area contributed by atoms with Crippen LogP contribution in [0.4, 0.5) is 15.9 Å². The Bertz CT molecular complexity index is 1230. The molecule has 0 radical (unpaired) electrons. The van der Waals surface area contributed by atoms with E-state index in [2.05, 4.69) is 20.6 Å². The predicted octanol–water partition coefficient (Wildman–Crippen LogP) is 3.92. The van der Waals surface area contributed by atoms with E-state index in [4.69, 9.17) is 11.6 Å². The van der Waals surface area contributed by atoms with Gasteiger partial charge in [0.25, 0.3) is 5.56 Å². The van der Waals surface area contributed by atoms with Crippen molar-refractivity contribution in [2.45, 2.75) is 23.2 Å². The van der Waals surface area contributed by atoms with E-state index < -0.39 is 29.1 Å². The SMILES string of the molecule is O=C1C[C@H](C(=O)Nc2ccccc2F)c2c(nc(SCc3cccc(Cl)c3)[nH]c2=O)N1. The summed E-state index contributed by atoms with van der Waals surface area (Å²) in [4.78, 5) is 44.6. The molecule has 3 N–H and O–H groups in total. The maximum atomic E-state index is 13.9. The van der Waals surface area contributed by atoms with Gasteiger partial charge in [0.1, 0.15) is 11.6 Å². The zero-order valence-corrected chi connectivity index (χ0v) is 17.5. The molecule has 158 valence electrons. The molecule has 2 amide bonds. The standard InChI is InChI=1S/C21H16ClFN4O3S/c22-12-5-3-4-11(8-12)10-31-21-26-18-17(20(30)27-21)13(9-16(28)25-18)19(29)24-15-7-2-1-6-14(15)23/h1-8,13H,9-10H2,(H,24,29)(H2,25,26,27,28,30)/t13-/m0/s1. The average molecular weight is 459 g/mol. The first-order valence-electron chi connectivity index (χ1n) is 9.27. The van der Waals surface area contributed by atoms with E-state index in [9.17, 15) is 18.8 Å². The van der Waals surface area contributed by atoms with Crippen LogP contribution in [0.5, 0.6) is 0 Å². The first kappa shape index (κ1) is 21.1. The van der Waals surface area contributed by atoms with Gasteiger partial charge in [-0.1, -0.05) is 47.6 Å². The van der Waals surface area contributed by atoms with Gasteiger partial charge in [-0.2, -0.15) is 0 Å². The summed E-state index contributed by atoms with van der Waals surface area (Å²) in [5.41, 5.74) is 0.412. The van der Waals surface area contributed by atoms with Crippen LogP contribution in [0.3, 0.4) is 0 Å². The van der Waals surface area contributed by atoms with E-state index in [1.165, 1.54) is 30.0 Å². The molecule has 4 rings (SSSR count). The summed E-state index contributed by atoms with van der Waals surface area (Å²) in [7, 11) is 0. The zero-order valence-electron chi connectivity index (χ0n) is 15.9. The average Bonchev–Trinajstić information content (AvgIpc) is 2.73. The van der Waals surface area contributed by atoms with Crippen LogP contribution in [0.15, 0.2) is 58.5 Å². The highest BCUT2D eigenvalue weighted by atomic mass is 35.5. The molecule has 1 aromatic heterocycles. The predicted molar refractivity (Wildman–Crippen MR) is 117 cm³/mol. The van der Waals surface area contributed by atoms with Crippen LogP contribution in [0.2, 0.25) is 5.02 Å². The fraction of sp³-hybridized carbons (Fsp3) is 0.143. The molecule has 3 aromatic rings. The van der Waals surface area contributed by atoms with Gasteiger partial charge in [0.05, 0.1) is 17.2 Å². The Morgan fingerprint density at radius 3 is 2.81 bits per heavy atom. The summed E-state index contributed by atoms with van der Waals surface area (Å²) in [6.07, 6.45) is -0.243. The van der Waals surface area contributed by atoms with Gasteiger partial charge in [0.15, 0.2) is 5.16 Å². The van der Waals surface area contributed by atoms with Gasteiger partial charge in [-0.05, 0) is 29.8 Å². The molecule has 1 aliphatic heterocycles. The normalized spacial score (nSPS) is 15.2. The van der Waals surface area contributed by atoms with Crippen LogP contribution < -0.4 is 16.2 Å². The van der Waals surface area contributed by atoms with E-state index in [1.54, 1.807) is 18.2 Å². The molecule has 7 nitrogen and oxygen atoms in total. The molecule has 2 aromatic carbocycles. The second-order valence-electron chi connectivity index (χ2n) is 6.83. The maximum absolute atomic E-state index is 13.9. The van der Waals surface area contributed by atoms with Gasteiger partial charge in [-0.3, -0.25) is 14.4 Å². The van der Waals surface area contributed by atoms with Crippen LogP contribution in [-0.2, 0) is 15.3 Å². The highest BCUT2D eigenvalue weighted by Gasteiger charge is 2.35. The number of aromatic nitrogens is 2. The number of rotatable bonds is 5. The lowest BCUT2D eigenvalue weighted by atomic mass is 9.92. The molecule has 0 spiro atoms. The molecule has 0 saturated carbocycles. The zero-order chi connectivity index (χ0) is 22.0. The Kier molecular flexibility index (Phi) is 6.06. The second kappa shape index (κ2) is 8.91. The minimum absolute atomic E-state index is 0.0295. The number of aromatic amines is 1. The van der Waals surface area contributed by atoms with Gasteiger partial charge < -0.3 is 15.6 Å². The van der Waals surface area contributed by atoms with Crippen molar-refractivity contribution < 1.29 is 14.0 Å². The van der Waals surface area contributed by atoms with E-state index in [1.807, 2.05) is 12.1 Å². The number of carbonyl (C=O) groups excluding carboxylic acids is 2. The van der Waals surface area contributed by atoms with Crippen LogP contribution in [0.25, 0.3) is 0 Å². The number of nitrogens with zero attached hydrogens (tertiary/aromatic N) is 1. The van der Waals surface area contributed by atoms with Gasteiger partial charge in [-0.15, -0.1) is 0 Å². The number of H-pyrrole nitrogens is 1. The Hall–Kier alpha value is -3.17. The summed E-state index contributed by atoms with van der Waals surface area (Å²) in [6.45, 7) is 0. The topological polar surface area (TPSA) is 104 Å². The Balaban J connectivity index is 1.58. The van der Waals surface area contributed by atoms with Crippen LogP contribution in [0, 0.1) is 5.82 Å². The highest BCUT2D eigenvalue weighted by Crippen LogP contribution is 2.31. The van der Waals surface area contributed by atoms with Gasteiger partial charge >= 0.3 is 0 Å². The second-order valence-corrected chi connectivity index (χ2v) is 8.23. The fourth-order valence-corrected chi connectivity index (χ4v) is 4.22. The third-order valence-electron chi connectivity index (χ3n) is 4.64. The number of nitrogens with one attached hydrogen (secondary N) is 3. The fourth-order valence-electron chi connectivity index (χ4n) is 3.20. The molecule has 1 aliphatic rings. The molecule has 0 saturated heterocycles. The summed E-state index contributed by atoms with van der Waals surface area (Å²) in [5, 5.41) is 5.88. The molecular weight excluding hydrogens is 443 g/mol. The van der Waals surface area contributed by atoms with E-state index in [-0.39, 0.29) is 23.5 Å². The molecule has 31 heavy (non-hydrogen) atoms. The number of fused-ring (bicyclic) bond motifs is 1. The summed E-state index contributed by atoms with van der Waals surface area (Å²) >= 11 is 7.24. The van der Waals surface area contributed by atoms with Gasteiger partial charge in [-0.25, -0.2) is 9.37 Å². The number of anilines is 2. The lowest BCUT2D eigenvalue weighted by Crippen LogP contribution is -2.36. The molecule has 10 heteroatoms. The minimum atomic E-state index is -1.09. The summed E-state index contributed by atoms with van der Waals surface area (Å²) in [6, 6.07) is 12.9. The largest absolute Gasteiger partial charge is 0.323 e. The number of benzene rings is 2. The highest BCUT2D eigenvalue weighted by molar-refractivity contribution is 7.98. The van der Waals surface area contributed by atoms with Crippen molar-refractivity contribution in [2.75, 3.05) is 10.6 Å². The van der Waals surface area contributed by atoms with E-state index in [0.717, 1.165) is 5.56 Å². The summed E-state index contributed by atoms with van der Waals surface area (Å²) < 4.78 is 13.9. The maximum Gasteiger partial charge on any atom is 0.257 e. The molecule has 0 unspecified atom stereocenters. The van der Waals surface area contributed by atoms with Crippen LogP contribution >= 0.6 is 23.4 Å². The number of amides is 2. The first-order chi connectivity index (χ1) is 14.9. The Morgan fingerprint density at radius 1 is 1.23 bits per heavy atom. The van der Waals surface area contributed by atoms with Crippen LogP contribution in [0.1, 0.15) is 23.5 Å². The molecule has 0 aliphatic carbocycles. The molecule has 0 fully saturated rings. The Morgan fingerprint density at radius 2 is 2.03 bits per heavy atom. The van der Waals surface area contributed by atoms with E-state index in [0.29, 0.717) is 15.9 Å². The van der Waals surface area contributed by atoms with Crippen molar-refractivity contribution in [1.82, 2.24) is 9.97 Å². The molecule has 1 atom stereocenters. The smallest absolute Gasteiger partial charge is 0.257 e. The molecule has 2 heterocycles. The van der Waals surface area contributed by atoms with Crippen molar-refractivity contribution in [3.8, 4) is 0 Å². The third-order valence-corrected chi connectivity index (χ3v) is 5.82. The lowest BCUT2D eigenvalue weighted by molar-refractivity contribution is -0.123. The number of hydrogen-bond acceptors (Lipinski definition) is 5. The number of thioether (sulfide) groups is 1. The number of para-hydroxylation sites is 1. The lowest BCUT2D eigenvalue weighted by Gasteiger charge is -2.23. The van der Waals surface area contributed by atoms with Crippen molar-refractivity contribution in [3.63, 3.8) is 0 Å². The first-order valence-corrected chi connectivity index (χ1v) is 10.6. The third kappa shape index (κ3) is 4.78.